The first-order chi connectivity index (χ1) is 11.6. The van der Waals surface area contributed by atoms with Crippen molar-refractivity contribution in [3.63, 3.8) is 0 Å². The van der Waals surface area contributed by atoms with E-state index in [1.165, 1.54) is 25.4 Å². The molecule has 6 heteroatoms. The van der Waals surface area contributed by atoms with Gasteiger partial charge in [0.25, 0.3) is 5.56 Å². The van der Waals surface area contributed by atoms with Crippen LogP contribution in [0.3, 0.4) is 0 Å². The molecule has 5 nitrogen and oxygen atoms in total. The summed E-state index contributed by atoms with van der Waals surface area (Å²) in [6, 6.07) is 13.7. The van der Waals surface area contributed by atoms with Crippen LogP contribution in [0.1, 0.15) is 15.9 Å². The number of rotatable bonds is 4. The van der Waals surface area contributed by atoms with Gasteiger partial charge in [0, 0.05) is 5.56 Å². The lowest BCUT2D eigenvalue weighted by Crippen LogP contribution is -2.28. The van der Waals surface area contributed by atoms with Gasteiger partial charge in [-0.15, -0.1) is 0 Å². The third kappa shape index (κ3) is 2.81. The van der Waals surface area contributed by atoms with Crippen LogP contribution in [0.4, 0.5) is 4.39 Å². The van der Waals surface area contributed by atoms with Crippen LogP contribution in [0.15, 0.2) is 65.6 Å². The van der Waals surface area contributed by atoms with E-state index in [4.69, 9.17) is 4.74 Å². The van der Waals surface area contributed by atoms with E-state index in [2.05, 4.69) is 5.10 Å². The number of carbonyl (C=O) groups excluding carboxylic acids is 1. The molecule has 0 spiro atoms. The fourth-order valence-corrected chi connectivity index (χ4v) is 2.30. The Bertz CT molecular complexity index is 935. The summed E-state index contributed by atoms with van der Waals surface area (Å²) in [6.45, 7) is 0. The highest BCUT2D eigenvalue weighted by atomic mass is 19.1. The van der Waals surface area contributed by atoms with Crippen molar-refractivity contribution < 1.29 is 13.9 Å². The molecule has 0 fully saturated rings. The second-order valence-electron chi connectivity index (χ2n) is 4.98. The van der Waals surface area contributed by atoms with Gasteiger partial charge >= 0.3 is 0 Å². The smallest absolute Gasteiger partial charge is 0.286 e. The molecular weight excluding hydrogens is 311 g/mol. The molecule has 0 aliphatic carbocycles. The quantitative estimate of drug-likeness (QED) is 0.692. The Balaban J connectivity index is 2.17. The van der Waals surface area contributed by atoms with Crippen molar-refractivity contribution in [1.82, 2.24) is 9.78 Å². The van der Waals surface area contributed by atoms with E-state index < -0.39 is 17.2 Å². The van der Waals surface area contributed by atoms with Crippen LogP contribution in [-0.2, 0) is 0 Å². The number of hydrogen-bond acceptors (Lipinski definition) is 4. The Morgan fingerprint density at radius 2 is 1.75 bits per heavy atom. The highest BCUT2D eigenvalue weighted by molar-refractivity contribution is 6.10. The maximum absolute atomic E-state index is 13.1. The van der Waals surface area contributed by atoms with Crippen molar-refractivity contribution in [3.8, 4) is 11.4 Å². The molecule has 0 amide bonds. The number of methoxy groups -OCH3 is 1. The molecule has 0 unspecified atom stereocenters. The molecule has 0 atom stereocenters. The van der Waals surface area contributed by atoms with Crippen molar-refractivity contribution >= 4 is 5.78 Å². The van der Waals surface area contributed by atoms with Crippen LogP contribution in [0.2, 0.25) is 0 Å². The number of ketones is 1. The second-order valence-corrected chi connectivity index (χ2v) is 4.98. The molecule has 0 saturated carbocycles. The largest absolute Gasteiger partial charge is 0.494 e. The second kappa shape index (κ2) is 6.45. The summed E-state index contributed by atoms with van der Waals surface area (Å²) in [7, 11) is 1.35. The lowest BCUT2D eigenvalue weighted by Gasteiger charge is -2.10. The maximum Gasteiger partial charge on any atom is 0.286 e. The molecule has 1 aromatic heterocycles. The van der Waals surface area contributed by atoms with E-state index in [1.807, 2.05) is 6.07 Å². The topological polar surface area (TPSA) is 61.2 Å². The molecule has 0 radical (unpaired) electrons. The van der Waals surface area contributed by atoms with Gasteiger partial charge in [-0.25, -0.2) is 4.39 Å². The highest BCUT2D eigenvalue weighted by Gasteiger charge is 2.21. The number of hydrogen-bond donors (Lipinski definition) is 0. The molecule has 0 saturated heterocycles. The number of carbonyl (C=O) groups is 1. The minimum atomic E-state index is -0.602. The van der Waals surface area contributed by atoms with Gasteiger partial charge < -0.3 is 4.74 Å². The predicted octanol–water partition coefficient (Wildman–Crippen LogP) is 2.61. The first-order valence-corrected chi connectivity index (χ1v) is 7.14. The minimum absolute atomic E-state index is 0.0708. The summed E-state index contributed by atoms with van der Waals surface area (Å²) < 4.78 is 19.3. The van der Waals surface area contributed by atoms with E-state index in [0.717, 1.165) is 16.8 Å². The summed E-state index contributed by atoms with van der Waals surface area (Å²) >= 11 is 0. The number of para-hydroxylation sites is 1. The molecule has 0 aliphatic heterocycles. The van der Waals surface area contributed by atoms with Crippen molar-refractivity contribution in [3.05, 3.63) is 88.1 Å². The van der Waals surface area contributed by atoms with E-state index in [0.29, 0.717) is 5.69 Å². The number of ether oxygens (including phenoxy) is 1. The lowest BCUT2D eigenvalue weighted by atomic mass is 10.0. The Morgan fingerprint density at radius 1 is 1.08 bits per heavy atom. The number of aromatic nitrogens is 2. The average Bonchev–Trinajstić information content (AvgIpc) is 2.62. The van der Waals surface area contributed by atoms with Crippen molar-refractivity contribution in [2.75, 3.05) is 7.11 Å². The molecule has 1 heterocycles. The van der Waals surface area contributed by atoms with Crippen LogP contribution in [0.5, 0.6) is 5.75 Å². The number of nitrogens with zero attached hydrogens (tertiary/aromatic N) is 2. The van der Waals surface area contributed by atoms with E-state index in [-0.39, 0.29) is 16.9 Å². The SMILES string of the molecule is COc1cnn(-c2ccccc2)c(=O)c1C(=O)c1ccc(F)cc1. The van der Waals surface area contributed by atoms with Gasteiger partial charge in [0.2, 0.25) is 5.78 Å². The Morgan fingerprint density at radius 3 is 2.38 bits per heavy atom. The summed E-state index contributed by atoms with van der Waals surface area (Å²) in [5, 5.41) is 4.04. The zero-order valence-electron chi connectivity index (χ0n) is 12.8. The average molecular weight is 324 g/mol. The van der Waals surface area contributed by atoms with Crippen LogP contribution in [0.25, 0.3) is 5.69 Å². The molecule has 3 rings (SSSR count). The van der Waals surface area contributed by atoms with E-state index in [1.54, 1.807) is 24.3 Å². The van der Waals surface area contributed by atoms with Gasteiger partial charge in [-0.3, -0.25) is 9.59 Å². The Hall–Kier alpha value is -3.28. The monoisotopic (exact) mass is 324 g/mol. The van der Waals surface area contributed by atoms with Crippen molar-refractivity contribution in [2.45, 2.75) is 0 Å². The highest BCUT2D eigenvalue weighted by Crippen LogP contribution is 2.18. The first-order valence-electron chi connectivity index (χ1n) is 7.14. The molecule has 0 bridgehead atoms. The van der Waals surface area contributed by atoms with Gasteiger partial charge in [-0.2, -0.15) is 9.78 Å². The molecule has 3 aromatic rings. The van der Waals surface area contributed by atoms with Crippen LogP contribution < -0.4 is 10.3 Å². The maximum atomic E-state index is 13.1. The van der Waals surface area contributed by atoms with Gasteiger partial charge in [0.05, 0.1) is 19.0 Å². The van der Waals surface area contributed by atoms with Crippen LogP contribution in [0, 0.1) is 5.82 Å². The zero-order valence-corrected chi connectivity index (χ0v) is 12.8. The number of halogens is 1. The van der Waals surface area contributed by atoms with Crippen LogP contribution in [-0.4, -0.2) is 22.7 Å². The van der Waals surface area contributed by atoms with Crippen molar-refractivity contribution in [2.24, 2.45) is 0 Å². The standard InChI is InChI=1S/C18H13FN2O3/c1-24-15-11-20-21(14-5-3-2-4-6-14)18(23)16(15)17(22)12-7-9-13(19)10-8-12/h2-11H,1H3. The molecule has 2 aromatic carbocycles. The molecule has 0 N–H and O–H groups in total. The van der Waals surface area contributed by atoms with E-state index in [9.17, 15) is 14.0 Å². The van der Waals surface area contributed by atoms with Gasteiger partial charge in [0.15, 0.2) is 5.75 Å². The lowest BCUT2D eigenvalue weighted by molar-refractivity contribution is 0.103. The summed E-state index contributed by atoms with van der Waals surface area (Å²) in [4.78, 5) is 25.5. The predicted molar refractivity (Wildman–Crippen MR) is 86.2 cm³/mol. The first kappa shape index (κ1) is 15.6. The van der Waals surface area contributed by atoms with E-state index >= 15 is 0 Å². The van der Waals surface area contributed by atoms with Crippen molar-refractivity contribution in [1.29, 1.82) is 0 Å². The normalized spacial score (nSPS) is 10.4. The number of benzene rings is 2. The van der Waals surface area contributed by atoms with Gasteiger partial charge in [0.1, 0.15) is 11.4 Å². The van der Waals surface area contributed by atoms with Gasteiger partial charge in [-0.05, 0) is 36.4 Å². The zero-order chi connectivity index (χ0) is 17.1. The molecule has 120 valence electrons. The van der Waals surface area contributed by atoms with Gasteiger partial charge in [-0.1, -0.05) is 18.2 Å². The fraction of sp³-hybridized carbons (Fsp3) is 0.0556. The Kier molecular flexibility index (Phi) is 4.20. The minimum Gasteiger partial charge on any atom is -0.494 e. The molecule has 0 aliphatic rings. The Labute approximate surface area is 136 Å². The molecule has 24 heavy (non-hydrogen) atoms. The molecular formula is C18H13FN2O3. The summed E-state index contributed by atoms with van der Waals surface area (Å²) in [5.74, 6) is -0.944. The van der Waals surface area contributed by atoms with Crippen LogP contribution >= 0.6 is 0 Å². The fourth-order valence-electron chi connectivity index (χ4n) is 2.30. The third-order valence-electron chi connectivity index (χ3n) is 3.50. The third-order valence-corrected chi connectivity index (χ3v) is 3.50. The summed E-state index contributed by atoms with van der Waals surface area (Å²) in [5.41, 5.74) is -0.0336. The summed E-state index contributed by atoms with van der Waals surface area (Å²) in [6.07, 6.45) is 1.31.